The fourth-order valence-corrected chi connectivity index (χ4v) is 3.38. The molecule has 116 valence electrons. The first-order chi connectivity index (χ1) is 9.62. The van der Waals surface area contributed by atoms with Gasteiger partial charge in [-0.15, -0.1) is 11.3 Å². The maximum Gasteiger partial charge on any atom is 0.122 e. The molecule has 0 radical (unpaired) electrons. The Hall–Kier alpha value is -0.450. The summed E-state index contributed by atoms with van der Waals surface area (Å²) in [6.45, 7) is 10.9. The molecule has 0 amide bonds. The molecule has 0 spiro atoms. The number of hydrogen-bond donors (Lipinski definition) is 1. The van der Waals surface area contributed by atoms with E-state index in [1.54, 1.807) is 7.11 Å². The maximum absolute atomic E-state index is 5.60. The fraction of sp³-hybridized carbons (Fsp3) is 0.812. The summed E-state index contributed by atoms with van der Waals surface area (Å²) >= 11 is 1.83. The zero-order valence-electron chi connectivity index (χ0n) is 13.7. The molecule has 1 aromatic heterocycles. The van der Waals surface area contributed by atoms with Crippen LogP contribution in [0.25, 0.3) is 0 Å². The van der Waals surface area contributed by atoms with Crippen LogP contribution in [0.15, 0.2) is 0 Å². The van der Waals surface area contributed by atoms with Crippen molar-refractivity contribution in [2.75, 3.05) is 13.7 Å². The topological polar surface area (TPSA) is 34.1 Å². The number of hydrogen-bond acceptors (Lipinski definition) is 4. The number of thiazole rings is 1. The Labute approximate surface area is 128 Å². The summed E-state index contributed by atoms with van der Waals surface area (Å²) in [6, 6.07) is 0. The van der Waals surface area contributed by atoms with Crippen molar-refractivity contribution in [2.24, 2.45) is 5.92 Å². The number of nitrogens with zero attached hydrogens (tertiary/aromatic N) is 1. The molecule has 1 heterocycles. The normalized spacial score (nSPS) is 13.1. The summed E-state index contributed by atoms with van der Waals surface area (Å²) in [7, 11) is 1.79. The van der Waals surface area contributed by atoms with Crippen molar-refractivity contribution in [2.45, 2.75) is 66.0 Å². The lowest BCUT2D eigenvalue weighted by molar-refractivity contribution is 0.0946. The molecule has 0 fully saturated rings. The van der Waals surface area contributed by atoms with E-state index in [1.807, 2.05) is 11.3 Å². The number of ether oxygens (including phenoxy) is 1. The number of aromatic nitrogens is 1. The van der Waals surface area contributed by atoms with E-state index in [-0.39, 0.29) is 6.10 Å². The third-order valence-electron chi connectivity index (χ3n) is 3.22. The summed E-state index contributed by atoms with van der Waals surface area (Å²) in [5.41, 5.74) is 1.27. The minimum absolute atomic E-state index is 0.163. The first kappa shape index (κ1) is 17.6. The molecule has 4 heteroatoms. The summed E-state index contributed by atoms with van der Waals surface area (Å²) in [4.78, 5) is 6.26. The fourth-order valence-electron chi connectivity index (χ4n) is 2.21. The molecule has 1 unspecified atom stereocenters. The van der Waals surface area contributed by atoms with Crippen LogP contribution in [-0.4, -0.2) is 18.6 Å². The van der Waals surface area contributed by atoms with Crippen LogP contribution in [0.3, 0.4) is 0 Å². The van der Waals surface area contributed by atoms with Gasteiger partial charge in [0.05, 0.1) is 5.69 Å². The van der Waals surface area contributed by atoms with E-state index in [4.69, 9.17) is 9.72 Å². The molecule has 20 heavy (non-hydrogen) atoms. The Balaban J connectivity index is 2.85. The summed E-state index contributed by atoms with van der Waals surface area (Å²) in [5.74, 6) is 0.641. The molecule has 0 saturated carbocycles. The van der Waals surface area contributed by atoms with Gasteiger partial charge in [-0.05, 0) is 31.7 Å². The third kappa shape index (κ3) is 5.51. The molecular formula is C16H30N2OS. The molecule has 0 aromatic carbocycles. The van der Waals surface area contributed by atoms with Crippen molar-refractivity contribution < 1.29 is 4.74 Å². The van der Waals surface area contributed by atoms with Crippen LogP contribution >= 0.6 is 11.3 Å². The highest BCUT2D eigenvalue weighted by molar-refractivity contribution is 7.11. The third-order valence-corrected chi connectivity index (χ3v) is 4.41. The van der Waals surface area contributed by atoms with Crippen LogP contribution in [0.5, 0.6) is 0 Å². The maximum atomic E-state index is 5.60. The first-order valence-electron chi connectivity index (χ1n) is 7.84. The molecule has 3 nitrogen and oxygen atoms in total. The summed E-state index contributed by atoms with van der Waals surface area (Å²) in [5, 5.41) is 4.65. The van der Waals surface area contributed by atoms with E-state index < -0.39 is 0 Å². The van der Waals surface area contributed by atoms with E-state index in [1.165, 1.54) is 17.0 Å². The second-order valence-electron chi connectivity index (χ2n) is 5.71. The van der Waals surface area contributed by atoms with Gasteiger partial charge in [0.2, 0.25) is 0 Å². The second kappa shape index (κ2) is 9.48. The lowest BCUT2D eigenvalue weighted by Crippen LogP contribution is -2.14. The zero-order valence-corrected chi connectivity index (χ0v) is 14.5. The Morgan fingerprint density at radius 3 is 2.55 bits per heavy atom. The van der Waals surface area contributed by atoms with Gasteiger partial charge in [-0.1, -0.05) is 34.1 Å². The quantitative estimate of drug-likeness (QED) is 0.653. The molecule has 0 aliphatic carbocycles. The Morgan fingerprint density at radius 2 is 2.00 bits per heavy atom. The van der Waals surface area contributed by atoms with Gasteiger partial charge in [-0.25, -0.2) is 4.98 Å². The average Bonchev–Trinajstić information content (AvgIpc) is 2.78. The molecule has 1 N–H and O–H groups in total. The van der Waals surface area contributed by atoms with Gasteiger partial charge in [-0.2, -0.15) is 0 Å². The molecule has 0 saturated heterocycles. The standard InChI is InChI=1S/C16H30N2OS/c1-6-8-14(19-5)16-18-13(10-12(3)4)15(20-16)11-17-9-7-2/h12,14,17H,6-11H2,1-5H3. The lowest BCUT2D eigenvalue weighted by Gasteiger charge is -2.10. The second-order valence-corrected chi connectivity index (χ2v) is 6.82. The van der Waals surface area contributed by atoms with E-state index >= 15 is 0 Å². The Bertz CT molecular complexity index is 377. The molecule has 1 atom stereocenters. The Morgan fingerprint density at radius 1 is 1.25 bits per heavy atom. The van der Waals surface area contributed by atoms with E-state index in [0.29, 0.717) is 5.92 Å². The van der Waals surface area contributed by atoms with E-state index in [2.05, 4.69) is 33.0 Å². The van der Waals surface area contributed by atoms with Crippen molar-refractivity contribution in [1.29, 1.82) is 0 Å². The molecule has 0 aliphatic heterocycles. The van der Waals surface area contributed by atoms with Crippen LogP contribution in [0, 0.1) is 5.92 Å². The van der Waals surface area contributed by atoms with Crippen molar-refractivity contribution in [3.05, 3.63) is 15.6 Å². The molecule has 1 rings (SSSR count). The van der Waals surface area contributed by atoms with Gasteiger partial charge in [0, 0.05) is 18.5 Å². The molecular weight excluding hydrogens is 268 g/mol. The monoisotopic (exact) mass is 298 g/mol. The molecule has 0 aliphatic rings. The number of nitrogens with one attached hydrogen (secondary N) is 1. The van der Waals surface area contributed by atoms with Crippen molar-refractivity contribution in [3.8, 4) is 0 Å². The van der Waals surface area contributed by atoms with Crippen molar-refractivity contribution in [3.63, 3.8) is 0 Å². The summed E-state index contributed by atoms with van der Waals surface area (Å²) < 4.78 is 5.60. The first-order valence-corrected chi connectivity index (χ1v) is 8.65. The predicted molar refractivity (Wildman–Crippen MR) is 87.3 cm³/mol. The highest BCUT2D eigenvalue weighted by atomic mass is 32.1. The predicted octanol–water partition coefficient (Wildman–Crippen LogP) is 4.33. The largest absolute Gasteiger partial charge is 0.374 e. The minimum Gasteiger partial charge on any atom is -0.374 e. The van der Waals surface area contributed by atoms with Gasteiger partial charge in [0.25, 0.3) is 0 Å². The van der Waals surface area contributed by atoms with Crippen LogP contribution in [0.1, 0.15) is 68.6 Å². The molecule has 1 aromatic rings. The van der Waals surface area contributed by atoms with E-state index in [9.17, 15) is 0 Å². The van der Waals surface area contributed by atoms with Crippen LogP contribution in [0.4, 0.5) is 0 Å². The minimum atomic E-state index is 0.163. The van der Waals surface area contributed by atoms with Crippen LogP contribution < -0.4 is 5.32 Å². The SMILES string of the molecule is CCCNCc1sc(C(CCC)OC)nc1CC(C)C. The van der Waals surface area contributed by atoms with Gasteiger partial charge in [0.1, 0.15) is 11.1 Å². The van der Waals surface area contributed by atoms with Crippen molar-refractivity contribution >= 4 is 11.3 Å². The molecule has 0 bridgehead atoms. The number of rotatable bonds is 10. The van der Waals surface area contributed by atoms with Crippen molar-refractivity contribution in [1.82, 2.24) is 10.3 Å². The van der Waals surface area contributed by atoms with E-state index in [0.717, 1.165) is 37.4 Å². The van der Waals surface area contributed by atoms with Crippen LogP contribution in [0.2, 0.25) is 0 Å². The lowest BCUT2D eigenvalue weighted by atomic mass is 10.1. The number of methoxy groups -OCH3 is 1. The zero-order chi connectivity index (χ0) is 15.0. The van der Waals surface area contributed by atoms with Gasteiger partial charge in [0.15, 0.2) is 0 Å². The van der Waals surface area contributed by atoms with Crippen LogP contribution in [-0.2, 0) is 17.7 Å². The Kier molecular flexibility index (Phi) is 8.34. The summed E-state index contributed by atoms with van der Waals surface area (Å²) in [6.07, 6.45) is 4.56. The smallest absolute Gasteiger partial charge is 0.122 e. The average molecular weight is 298 g/mol. The highest BCUT2D eigenvalue weighted by Gasteiger charge is 2.18. The van der Waals surface area contributed by atoms with Gasteiger partial charge >= 0.3 is 0 Å². The van der Waals surface area contributed by atoms with Gasteiger partial charge < -0.3 is 10.1 Å². The van der Waals surface area contributed by atoms with Gasteiger partial charge in [-0.3, -0.25) is 0 Å². The highest BCUT2D eigenvalue weighted by Crippen LogP contribution is 2.30.